The van der Waals surface area contributed by atoms with Crippen LogP contribution in [-0.2, 0) is 0 Å². The normalized spacial score (nSPS) is 9.82. The van der Waals surface area contributed by atoms with Gasteiger partial charge >= 0.3 is 0 Å². The molecule has 1 radical (unpaired) electrons. The number of pyridine rings is 1. The quantitative estimate of drug-likeness (QED) is 0.612. The highest BCUT2D eigenvalue weighted by Crippen LogP contribution is 2.16. The lowest BCUT2D eigenvalue weighted by Crippen LogP contribution is -1.73. The molecule has 2 aromatic heterocycles. The zero-order valence-electron chi connectivity index (χ0n) is 5.82. The van der Waals surface area contributed by atoms with Gasteiger partial charge in [0.1, 0.15) is 0 Å². The second-order valence-corrected chi connectivity index (χ2v) is 2.17. The van der Waals surface area contributed by atoms with Crippen molar-refractivity contribution in [2.45, 2.75) is 0 Å². The molecule has 2 heterocycles. The molecule has 0 aliphatic rings. The van der Waals surface area contributed by atoms with Crippen molar-refractivity contribution in [2.75, 3.05) is 0 Å². The highest BCUT2D eigenvalue weighted by Gasteiger charge is 1.95. The Bertz CT molecular complexity index is 313. The van der Waals surface area contributed by atoms with Gasteiger partial charge in [0.15, 0.2) is 0 Å². The first kappa shape index (κ1) is 6.16. The molecule has 0 fully saturated rings. The zero-order chi connectivity index (χ0) is 7.52. The predicted molar refractivity (Wildman–Crippen MR) is 40.8 cm³/mol. The third-order valence-corrected chi connectivity index (χ3v) is 1.46. The SMILES string of the molecule is [c]1cocc1-c1ccncc1. The summed E-state index contributed by atoms with van der Waals surface area (Å²) in [4.78, 5) is 3.91. The Kier molecular flexibility index (Phi) is 1.44. The van der Waals surface area contributed by atoms with Crippen molar-refractivity contribution in [3.05, 3.63) is 43.1 Å². The van der Waals surface area contributed by atoms with Gasteiger partial charge in [-0.15, -0.1) is 0 Å². The monoisotopic (exact) mass is 144 g/mol. The third-order valence-electron chi connectivity index (χ3n) is 1.46. The van der Waals surface area contributed by atoms with E-state index in [0.717, 1.165) is 11.1 Å². The average molecular weight is 144 g/mol. The van der Waals surface area contributed by atoms with Crippen LogP contribution < -0.4 is 0 Å². The standard InChI is InChI=1S/C9H6NO/c1-4-10-5-2-8(1)9-3-6-11-7-9/h1-2,4-7H. The average Bonchev–Trinajstić information content (AvgIpc) is 2.58. The fourth-order valence-corrected chi connectivity index (χ4v) is 0.916. The lowest BCUT2D eigenvalue weighted by atomic mass is 10.1. The van der Waals surface area contributed by atoms with E-state index in [1.807, 2.05) is 12.1 Å². The van der Waals surface area contributed by atoms with Crippen LogP contribution in [-0.4, -0.2) is 4.98 Å². The van der Waals surface area contributed by atoms with Crippen molar-refractivity contribution in [2.24, 2.45) is 0 Å². The summed E-state index contributed by atoms with van der Waals surface area (Å²) in [5, 5.41) is 0. The zero-order valence-corrected chi connectivity index (χ0v) is 5.82. The molecule has 0 saturated carbocycles. The third kappa shape index (κ3) is 1.15. The molecule has 2 aromatic rings. The van der Waals surface area contributed by atoms with Crippen LogP contribution >= 0.6 is 0 Å². The summed E-state index contributed by atoms with van der Waals surface area (Å²) in [7, 11) is 0. The molecule has 11 heavy (non-hydrogen) atoms. The van der Waals surface area contributed by atoms with E-state index in [4.69, 9.17) is 4.42 Å². The maximum Gasteiger partial charge on any atom is 0.0988 e. The number of aromatic nitrogens is 1. The Labute approximate surface area is 64.5 Å². The van der Waals surface area contributed by atoms with Gasteiger partial charge in [-0.1, -0.05) is 0 Å². The topological polar surface area (TPSA) is 26.0 Å². The Morgan fingerprint density at radius 1 is 1.27 bits per heavy atom. The van der Waals surface area contributed by atoms with E-state index in [-0.39, 0.29) is 0 Å². The number of rotatable bonds is 1. The number of furan rings is 1. The molecule has 0 atom stereocenters. The van der Waals surface area contributed by atoms with Gasteiger partial charge in [-0.05, 0) is 17.7 Å². The van der Waals surface area contributed by atoms with Crippen molar-refractivity contribution in [3.63, 3.8) is 0 Å². The second kappa shape index (κ2) is 2.58. The molecule has 2 nitrogen and oxygen atoms in total. The highest BCUT2D eigenvalue weighted by atomic mass is 16.3. The van der Waals surface area contributed by atoms with Crippen molar-refractivity contribution >= 4 is 0 Å². The van der Waals surface area contributed by atoms with Crippen LogP contribution in [0.3, 0.4) is 0 Å². The van der Waals surface area contributed by atoms with E-state index < -0.39 is 0 Å². The molecule has 0 aliphatic carbocycles. The van der Waals surface area contributed by atoms with E-state index in [9.17, 15) is 0 Å². The summed E-state index contributed by atoms with van der Waals surface area (Å²) in [6.45, 7) is 0. The van der Waals surface area contributed by atoms with Crippen LogP contribution in [0.5, 0.6) is 0 Å². The van der Waals surface area contributed by atoms with Gasteiger partial charge in [-0.25, -0.2) is 0 Å². The summed E-state index contributed by atoms with van der Waals surface area (Å²) in [5.41, 5.74) is 2.04. The Morgan fingerprint density at radius 2 is 2.09 bits per heavy atom. The minimum absolute atomic E-state index is 0.965. The van der Waals surface area contributed by atoms with Crippen molar-refractivity contribution in [1.29, 1.82) is 0 Å². The molecule has 2 heteroatoms. The molecular formula is C9H6NO. The summed E-state index contributed by atoms with van der Waals surface area (Å²) in [5.74, 6) is 0. The maximum absolute atomic E-state index is 4.89. The first-order valence-electron chi connectivity index (χ1n) is 3.31. The van der Waals surface area contributed by atoms with Gasteiger partial charge in [0.25, 0.3) is 0 Å². The molecular weight excluding hydrogens is 138 g/mol. The summed E-state index contributed by atoms with van der Waals surface area (Å²) in [6.07, 6.45) is 6.69. The van der Waals surface area contributed by atoms with Crippen molar-refractivity contribution < 1.29 is 4.42 Å². The fraction of sp³-hybridized carbons (Fsp3) is 0. The molecule has 0 aromatic carbocycles. The largest absolute Gasteiger partial charge is 0.471 e. The minimum Gasteiger partial charge on any atom is -0.471 e. The molecule has 0 spiro atoms. The van der Waals surface area contributed by atoms with Gasteiger partial charge in [0.2, 0.25) is 0 Å². The van der Waals surface area contributed by atoms with Gasteiger partial charge in [-0.3, -0.25) is 4.98 Å². The van der Waals surface area contributed by atoms with Gasteiger partial charge in [-0.2, -0.15) is 0 Å². The predicted octanol–water partition coefficient (Wildman–Crippen LogP) is 2.14. The first-order valence-corrected chi connectivity index (χ1v) is 3.31. The Balaban J connectivity index is 2.46. The van der Waals surface area contributed by atoms with Gasteiger partial charge in [0.05, 0.1) is 12.5 Å². The fourth-order valence-electron chi connectivity index (χ4n) is 0.916. The highest BCUT2D eigenvalue weighted by molar-refractivity contribution is 5.60. The molecule has 0 bridgehead atoms. The lowest BCUT2D eigenvalue weighted by Gasteiger charge is -1.91. The molecule has 0 saturated heterocycles. The summed E-state index contributed by atoms with van der Waals surface area (Å²) < 4.78 is 4.89. The van der Waals surface area contributed by atoms with Crippen LogP contribution in [0.2, 0.25) is 0 Å². The van der Waals surface area contributed by atoms with E-state index >= 15 is 0 Å². The summed E-state index contributed by atoms with van der Waals surface area (Å²) in [6, 6.07) is 6.80. The smallest absolute Gasteiger partial charge is 0.0988 e. The van der Waals surface area contributed by atoms with Crippen LogP contribution in [0.25, 0.3) is 11.1 Å². The van der Waals surface area contributed by atoms with E-state index in [0.29, 0.717) is 0 Å². The van der Waals surface area contributed by atoms with Crippen LogP contribution in [0.4, 0.5) is 0 Å². The molecule has 0 amide bonds. The summed E-state index contributed by atoms with van der Waals surface area (Å²) >= 11 is 0. The van der Waals surface area contributed by atoms with Crippen molar-refractivity contribution in [1.82, 2.24) is 4.98 Å². The number of hydrogen-bond acceptors (Lipinski definition) is 2. The molecule has 53 valence electrons. The van der Waals surface area contributed by atoms with E-state index in [1.165, 1.54) is 6.26 Å². The Morgan fingerprint density at radius 3 is 2.73 bits per heavy atom. The minimum atomic E-state index is 0.965. The van der Waals surface area contributed by atoms with Crippen LogP contribution in [0.15, 0.2) is 41.5 Å². The lowest BCUT2D eigenvalue weighted by molar-refractivity contribution is 0.567. The van der Waals surface area contributed by atoms with E-state index in [1.54, 1.807) is 18.7 Å². The van der Waals surface area contributed by atoms with Crippen molar-refractivity contribution in [3.8, 4) is 11.1 Å². The molecule has 0 N–H and O–H groups in total. The molecule has 0 unspecified atom stereocenters. The molecule has 0 aliphatic heterocycles. The number of nitrogens with zero attached hydrogens (tertiary/aromatic N) is 1. The van der Waals surface area contributed by atoms with Crippen LogP contribution in [0, 0.1) is 6.07 Å². The second-order valence-electron chi connectivity index (χ2n) is 2.17. The number of hydrogen-bond donors (Lipinski definition) is 0. The van der Waals surface area contributed by atoms with Gasteiger partial charge in [0, 0.05) is 24.0 Å². The first-order chi connectivity index (χ1) is 5.47. The van der Waals surface area contributed by atoms with Crippen LogP contribution in [0.1, 0.15) is 0 Å². The van der Waals surface area contributed by atoms with E-state index in [2.05, 4.69) is 11.1 Å². The maximum atomic E-state index is 4.89. The Hall–Kier alpha value is -1.57. The van der Waals surface area contributed by atoms with Gasteiger partial charge < -0.3 is 4.42 Å². The molecule has 2 rings (SSSR count).